The van der Waals surface area contributed by atoms with Crippen molar-refractivity contribution in [2.24, 2.45) is 0 Å². The molecule has 1 saturated heterocycles. The molecule has 1 aliphatic carbocycles. The number of hydrogen-bond donors (Lipinski definition) is 1. The van der Waals surface area contributed by atoms with Gasteiger partial charge in [-0.25, -0.2) is 0 Å². The Morgan fingerprint density at radius 1 is 1.10 bits per heavy atom. The van der Waals surface area contributed by atoms with Crippen LogP contribution in [0.5, 0.6) is 0 Å². The molecule has 20 heavy (non-hydrogen) atoms. The Balaban J connectivity index is 1.37. The second kappa shape index (κ2) is 6.70. The van der Waals surface area contributed by atoms with Crippen molar-refractivity contribution in [2.75, 3.05) is 20.1 Å². The summed E-state index contributed by atoms with van der Waals surface area (Å²) in [7, 11) is 2.19. The summed E-state index contributed by atoms with van der Waals surface area (Å²) in [5.74, 6) is 0. The lowest BCUT2D eigenvalue weighted by Crippen LogP contribution is -2.32. The van der Waals surface area contributed by atoms with Gasteiger partial charge in [-0.2, -0.15) is 0 Å². The van der Waals surface area contributed by atoms with Crippen LogP contribution in [0.4, 0.5) is 0 Å². The summed E-state index contributed by atoms with van der Waals surface area (Å²) in [6.45, 7) is 3.09. The second-order valence-corrected chi connectivity index (χ2v) is 6.32. The molecule has 3 nitrogen and oxygen atoms in total. The molecule has 1 heterocycles. The normalized spacial score (nSPS) is 26.3. The minimum atomic E-state index is 0.412. The number of rotatable bonds is 7. The molecule has 0 radical (unpaired) electrons. The van der Waals surface area contributed by atoms with E-state index < -0.39 is 0 Å². The fourth-order valence-electron chi connectivity index (χ4n) is 2.96. The maximum absolute atomic E-state index is 6.14. The minimum Gasteiger partial charge on any atom is -0.372 e. The molecule has 2 fully saturated rings. The molecule has 1 aliphatic heterocycles. The molecule has 1 aromatic rings. The molecule has 2 unspecified atom stereocenters. The van der Waals surface area contributed by atoms with Gasteiger partial charge in [-0.15, -0.1) is 0 Å². The molecule has 0 bridgehead atoms. The van der Waals surface area contributed by atoms with Crippen LogP contribution >= 0.6 is 0 Å². The van der Waals surface area contributed by atoms with Gasteiger partial charge in [-0.05, 0) is 38.3 Å². The van der Waals surface area contributed by atoms with Gasteiger partial charge in [0.1, 0.15) is 0 Å². The van der Waals surface area contributed by atoms with E-state index in [1.165, 1.54) is 31.2 Å². The van der Waals surface area contributed by atoms with Gasteiger partial charge in [0.15, 0.2) is 0 Å². The first-order chi connectivity index (χ1) is 9.79. The molecule has 0 aromatic heterocycles. The van der Waals surface area contributed by atoms with Crippen LogP contribution in [0.15, 0.2) is 30.3 Å². The Bertz CT molecular complexity index is 405. The van der Waals surface area contributed by atoms with Crippen LogP contribution in [0, 0.1) is 0 Å². The van der Waals surface area contributed by atoms with Crippen molar-refractivity contribution in [3.8, 4) is 0 Å². The Hall–Kier alpha value is -0.900. The van der Waals surface area contributed by atoms with E-state index in [4.69, 9.17) is 4.74 Å². The molecule has 2 aliphatic rings. The Morgan fingerprint density at radius 3 is 2.60 bits per heavy atom. The number of likely N-dealkylation sites (N-methyl/N-ethyl adjacent to an activating group) is 1. The highest BCUT2D eigenvalue weighted by Gasteiger charge is 2.28. The highest BCUT2D eigenvalue weighted by atomic mass is 16.5. The lowest BCUT2D eigenvalue weighted by molar-refractivity contribution is 0.0266. The topological polar surface area (TPSA) is 24.5 Å². The van der Waals surface area contributed by atoms with Gasteiger partial charge >= 0.3 is 0 Å². The first-order valence-electron chi connectivity index (χ1n) is 7.91. The SMILES string of the molecule is CN(Cc1ccccc1)CC1CCC(CNC2CC2)O1. The van der Waals surface area contributed by atoms with Gasteiger partial charge in [0.05, 0.1) is 12.2 Å². The molecule has 3 rings (SSSR count). The van der Waals surface area contributed by atoms with E-state index in [2.05, 4.69) is 47.6 Å². The number of ether oxygens (including phenoxy) is 1. The summed E-state index contributed by atoms with van der Waals surface area (Å²) >= 11 is 0. The average Bonchev–Trinajstić information content (AvgIpc) is 3.18. The largest absolute Gasteiger partial charge is 0.372 e. The van der Waals surface area contributed by atoms with Crippen molar-refractivity contribution in [2.45, 2.75) is 50.5 Å². The molecule has 1 N–H and O–H groups in total. The van der Waals surface area contributed by atoms with Crippen molar-refractivity contribution >= 4 is 0 Å². The maximum atomic E-state index is 6.14. The van der Waals surface area contributed by atoms with Crippen LogP contribution in [0.2, 0.25) is 0 Å². The zero-order valence-electron chi connectivity index (χ0n) is 12.4. The van der Waals surface area contributed by atoms with Crippen molar-refractivity contribution in [1.29, 1.82) is 0 Å². The molecule has 110 valence electrons. The second-order valence-electron chi connectivity index (χ2n) is 6.32. The van der Waals surface area contributed by atoms with Gasteiger partial charge in [0, 0.05) is 25.7 Å². The molecule has 1 aromatic carbocycles. The fraction of sp³-hybridized carbons (Fsp3) is 0.647. The van der Waals surface area contributed by atoms with Gasteiger partial charge in [-0.3, -0.25) is 4.90 Å². The van der Waals surface area contributed by atoms with Crippen LogP contribution in [-0.4, -0.2) is 43.3 Å². The summed E-state index contributed by atoms with van der Waals surface area (Å²) in [6, 6.07) is 11.5. The predicted molar refractivity (Wildman–Crippen MR) is 81.7 cm³/mol. The van der Waals surface area contributed by atoms with Crippen LogP contribution in [0.1, 0.15) is 31.2 Å². The van der Waals surface area contributed by atoms with E-state index in [-0.39, 0.29) is 0 Å². The molecule has 2 atom stereocenters. The van der Waals surface area contributed by atoms with Crippen molar-refractivity contribution in [3.05, 3.63) is 35.9 Å². The Morgan fingerprint density at radius 2 is 1.85 bits per heavy atom. The maximum Gasteiger partial charge on any atom is 0.0707 e. The van der Waals surface area contributed by atoms with Crippen LogP contribution < -0.4 is 5.32 Å². The van der Waals surface area contributed by atoms with E-state index in [9.17, 15) is 0 Å². The highest BCUT2D eigenvalue weighted by Crippen LogP contribution is 2.23. The summed E-state index contributed by atoms with van der Waals surface area (Å²) < 4.78 is 6.14. The van der Waals surface area contributed by atoms with Crippen molar-refractivity contribution in [1.82, 2.24) is 10.2 Å². The molecular weight excluding hydrogens is 248 g/mol. The highest BCUT2D eigenvalue weighted by molar-refractivity contribution is 5.14. The van der Waals surface area contributed by atoms with E-state index in [0.717, 1.165) is 25.7 Å². The number of hydrogen-bond acceptors (Lipinski definition) is 3. The standard InChI is InChI=1S/C17H26N2O/c1-19(12-14-5-3-2-4-6-14)13-17-10-9-16(20-17)11-18-15-7-8-15/h2-6,15-18H,7-13H2,1H3. The third kappa shape index (κ3) is 4.30. The van der Waals surface area contributed by atoms with Gasteiger partial charge < -0.3 is 10.1 Å². The monoisotopic (exact) mass is 274 g/mol. The van der Waals surface area contributed by atoms with E-state index >= 15 is 0 Å². The minimum absolute atomic E-state index is 0.412. The number of nitrogens with zero attached hydrogens (tertiary/aromatic N) is 1. The number of benzene rings is 1. The molecular formula is C17H26N2O. The average molecular weight is 274 g/mol. The van der Waals surface area contributed by atoms with E-state index in [0.29, 0.717) is 12.2 Å². The lowest BCUT2D eigenvalue weighted by atomic mass is 10.1. The summed E-state index contributed by atoms with van der Waals surface area (Å²) in [5, 5.41) is 3.57. The lowest BCUT2D eigenvalue weighted by Gasteiger charge is -2.21. The molecule has 0 amide bonds. The quantitative estimate of drug-likeness (QED) is 0.826. The fourth-order valence-corrected chi connectivity index (χ4v) is 2.96. The summed E-state index contributed by atoms with van der Waals surface area (Å²) in [4.78, 5) is 2.37. The van der Waals surface area contributed by atoms with Crippen molar-refractivity contribution in [3.63, 3.8) is 0 Å². The molecule has 0 spiro atoms. The number of nitrogens with one attached hydrogen (secondary N) is 1. The molecule has 1 saturated carbocycles. The zero-order chi connectivity index (χ0) is 13.8. The smallest absolute Gasteiger partial charge is 0.0707 e. The Labute approximate surface area is 122 Å². The van der Waals surface area contributed by atoms with Crippen LogP contribution in [0.25, 0.3) is 0 Å². The Kier molecular flexibility index (Phi) is 4.71. The van der Waals surface area contributed by atoms with Crippen molar-refractivity contribution < 1.29 is 4.74 Å². The van der Waals surface area contributed by atoms with Crippen LogP contribution in [-0.2, 0) is 11.3 Å². The molecule has 3 heteroatoms. The van der Waals surface area contributed by atoms with Crippen LogP contribution in [0.3, 0.4) is 0 Å². The van der Waals surface area contributed by atoms with Gasteiger partial charge in [0.25, 0.3) is 0 Å². The van der Waals surface area contributed by atoms with E-state index in [1.807, 2.05) is 0 Å². The zero-order valence-corrected chi connectivity index (χ0v) is 12.4. The summed E-state index contributed by atoms with van der Waals surface area (Å²) in [5.41, 5.74) is 1.37. The predicted octanol–water partition coefficient (Wildman–Crippen LogP) is 2.42. The first-order valence-corrected chi connectivity index (χ1v) is 7.91. The third-order valence-electron chi connectivity index (χ3n) is 4.22. The van der Waals surface area contributed by atoms with Gasteiger partial charge in [-0.1, -0.05) is 30.3 Å². The van der Waals surface area contributed by atoms with Gasteiger partial charge in [0.2, 0.25) is 0 Å². The third-order valence-corrected chi connectivity index (χ3v) is 4.22. The first kappa shape index (κ1) is 14.1. The van der Waals surface area contributed by atoms with E-state index in [1.54, 1.807) is 0 Å². The summed E-state index contributed by atoms with van der Waals surface area (Å²) in [6.07, 6.45) is 5.98.